The van der Waals surface area contributed by atoms with Crippen molar-refractivity contribution in [2.75, 3.05) is 13.2 Å². The number of amides is 1. The summed E-state index contributed by atoms with van der Waals surface area (Å²) in [5.41, 5.74) is 3.41. The van der Waals surface area contributed by atoms with Crippen LogP contribution < -0.4 is 0 Å². The van der Waals surface area contributed by atoms with Crippen molar-refractivity contribution in [1.82, 2.24) is 15.1 Å². The van der Waals surface area contributed by atoms with Gasteiger partial charge in [0, 0.05) is 27.7 Å². The molecule has 0 spiro atoms. The van der Waals surface area contributed by atoms with Gasteiger partial charge in [-0.05, 0) is 42.3 Å². The van der Waals surface area contributed by atoms with Crippen LogP contribution in [-0.4, -0.2) is 44.4 Å². The molecule has 1 amide bonds. The first-order valence-corrected chi connectivity index (χ1v) is 9.43. The molecule has 1 aliphatic heterocycles. The highest BCUT2D eigenvalue weighted by molar-refractivity contribution is 6.31. The fourth-order valence-electron chi connectivity index (χ4n) is 3.59. The number of aliphatic hydroxyl groups is 1. The van der Waals surface area contributed by atoms with Crippen LogP contribution in [0, 0.1) is 6.92 Å². The molecule has 0 radical (unpaired) electrons. The molecular weight excluding hydrogens is 401 g/mol. The van der Waals surface area contributed by atoms with Crippen molar-refractivity contribution in [2.45, 2.75) is 13.0 Å². The third-order valence-corrected chi connectivity index (χ3v) is 5.58. The molecule has 0 fully saturated rings. The van der Waals surface area contributed by atoms with E-state index in [1.54, 1.807) is 36.1 Å². The van der Waals surface area contributed by atoms with Gasteiger partial charge in [-0.25, -0.2) is 0 Å². The molecule has 3 N–H and O–H groups in total. The predicted molar refractivity (Wildman–Crippen MR) is 107 cm³/mol. The van der Waals surface area contributed by atoms with E-state index >= 15 is 0 Å². The largest absolute Gasteiger partial charge is 0.507 e. The number of β-amino-alcohol motifs (C(OH)–C–C–N with tert-alkyl or cyclic N) is 1. The van der Waals surface area contributed by atoms with Gasteiger partial charge in [-0.1, -0.05) is 35.3 Å². The summed E-state index contributed by atoms with van der Waals surface area (Å²) in [4.78, 5) is 14.5. The number of aliphatic hydroxyl groups excluding tert-OH is 1. The minimum Gasteiger partial charge on any atom is -0.507 e. The molecule has 1 atom stereocenters. The van der Waals surface area contributed by atoms with Crippen molar-refractivity contribution in [3.63, 3.8) is 0 Å². The number of fused-ring (bicyclic) bond motifs is 1. The van der Waals surface area contributed by atoms with Gasteiger partial charge >= 0.3 is 0 Å². The van der Waals surface area contributed by atoms with Crippen molar-refractivity contribution >= 4 is 29.1 Å². The van der Waals surface area contributed by atoms with E-state index in [1.165, 1.54) is 0 Å². The summed E-state index contributed by atoms with van der Waals surface area (Å²) in [6.45, 7) is 1.78. The molecule has 28 heavy (non-hydrogen) atoms. The zero-order valence-corrected chi connectivity index (χ0v) is 16.4. The van der Waals surface area contributed by atoms with Crippen LogP contribution in [0.2, 0.25) is 10.0 Å². The van der Waals surface area contributed by atoms with E-state index in [1.807, 2.05) is 12.1 Å². The number of H-pyrrole nitrogens is 1. The first-order chi connectivity index (χ1) is 13.4. The first-order valence-electron chi connectivity index (χ1n) is 8.67. The third kappa shape index (κ3) is 2.94. The second kappa shape index (κ2) is 7.13. The van der Waals surface area contributed by atoms with E-state index in [0.717, 1.165) is 11.1 Å². The van der Waals surface area contributed by atoms with Crippen LogP contribution >= 0.6 is 23.2 Å². The maximum Gasteiger partial charge on any atom is 0.273 e. The molecular formula is C20H17Cl2N3O3. The zero-order valence-electron chi connectivity index (χ0n) is 14.9. The summed E-state index contributed by atoms with van der Waals surface area (Å²) in [5, 5.41) is 28.1. The normalized spacial score (nSPS) is 15.9. The Hall–Kier alpha value is -2.54. The number of nitrogens with zero attached hydrogens (tertiary/aromatic N) is 2. The maximum atomic E-state index is 12.9. The molecule has 4 rings (SSSR count). The Labute approximate surface area is 171 Å². The monoisotopic (exact) mass is 417 g/mol. The summed E-state index contributed by atoms with van der Waals surface area (Å²) in [7, 11) is 0. The van der Waals surface area contributed by atoms with Crippen LogP contribution in [-0.2, 0) is 0 Å². The number of hydrogen-bond acceptors (Lipinski definition) is 4. The Kier molecular flexibility index (Phi) is 4.79. The van der Waals surface area contributed by atoms with E-state index in [9.17, 15) is 15.0 Å². The Balaban J connectivity index is 1.92. The van der Waals surface area contributed by atoms with Gasteiger partial charge < -0.3 is 15.1 Å². The lowest BCUT2D eigenvalue weighted by atomic mass is 9.95. The van der Waals surface area contributed by atoms with Crippen LogP contribution in [0.25, 0.3) is 11.3 Å². The lowest BCUT2D eigenvalue weighted by Crippen LogP contribution is -2.32. The molecule has 1 aliphatic rings. The lowest BCUT2D eigenvalue weighted by molar-refractivity contribution is 0.0706. The number of aromatic hydroxyl groups is 1. The van der Waals surface area contributed by atoms with Crippen molar-refractivity contribution in [1.29, 1.82) is 0 Å². The number of benzene rings is 2. The van der Waals surface area contributed by atoms with Crippen molar-refractivity contribution in [3.05, 3.63) is 68.8 Å². The second-order valence-corrected chi connectivity index (χ2v) is 7.50. The van der Waals surface area contributed by atoms with E-state index in [0.29, 0.717) is 32.6 Å². The van der Waals surface area contributed by atoms with Crippen molar-refractivity contribution < 1.29 is 15.0 Å². The number of aryl methyl sites for hydroxylation is 1. The van der Waals surface area contributed by atoms with Crippen LogP contribution in [0.1, 0.15) is 33.2 Å². The molecule has 3 aromatic rings. The lowest BCUT2D eigenvalue weighted by Gasteiger charge is -2.25. The number of phenols is 1. The number of aromatic nitrogens is 2. The van der Waals surface area contributed by atoms with Gasteiger partial charge in [0.2, 0.25) is 0 Å². The van der Waals surface area contributed by atoms with Crippen LogP contribution in [0.5, 0.6) is 5.75 Å². The third-order valence-electron chi connectivity index (χ3n) is 4.92. The van der Waals surface area contributed by atoms with Crippen molar-refractivity contribution in [3.8, 4) is 17.0 Å². The number of hydrogen-bond donors (Lipinski definition) is 3. The average Bonchev–Trinajstić information content (AvgIpc) is 3.20. The van der Waals surface area contributed by atoms with E-state index in [2.05, 4.69) is 10.2 Å². The molecule has 2 aromatic carbocycles. The Bertz CT molecular complexity index is 1060. The Morgan fingerprint density at radius 2 is 1.93 bits per heavy atom. The molecule has 2 heterocycles. The minimum atomic E-state index is -0.472. The number of carbonyl (C=O) groups is 1. The minimum absolute atomic E-state index is 0.0270. The number of rotatable bonds is 4. The number of aromatic amines is 1. The van der Waals surface area contributed by atoms with Crippen molar-refractivity contribution in [2.24, 2.45) is 0 Å². The van der Waals surface area contributed by atoms with Gasteiger partial charge in [0.1, 0.15) is 17.1 Å². The summed E-state index contributed by atoms with van der Waals surface area (Å²) in [6, 6.07) is 9.89. The zero-order chi connectivity index (χ0) is 20.0. The first kappa shape index (κ1) is 18.8. The molecule has 0 bridgehead atoms. The number of phenolic OH excluding ortho intramolecular Hbond substituents is 1. The maximum absolute atomic E-state index is 12.9. The summed E-state index contributed by atoms with van der Waals surface area (Å²) >= 11 is 12.3. The van der Waals surface area contributed by atoms with Crippen LogP contribution in [0.15, 0.2) is 36.4 Å². The molecule has 6 nitrogen and oxygen atoms in total. The highest BCUT2D eigenvalue weighted by Gasteiger charge is 2.42. The van der Waals surface area contributed by atoms with Gasteiger partial charge in [0.05, 0.1) is 12.6 Å². The van der Waals surface area contributed by atoms with Gasteiger partial charge in [0.25, 0.3) is 5.91 Å². The molecule has 144 valence electrons. The smallest absolute Gasteiger partial charge is 0.273 e. The Morgan fingerprint density at radius 3 is 2.61 bits per heavy atom. The second-order valence-electron chi connectivity index (χ2n) is 6.66. The highest BCUT2D eigenvalue weighted by Crippen LogP contribution is 2.45. The fraction of sp³-hybridized carbons (Fsp3) is 0.200. The van der Waals surface area contributed by atoms with Gasteiger partial charge in [-0.2, -0.15) is 5.10 Å². The Morgan fingerprint density at radius 1 is 1.21 bits per heavy atom. The topological polar surface area (TPSA) is 89.5 Å². The van der Waals surface area contributed by atoms with E-state index < -0.39 is 6.04 Å². The van der Waals surface area contributed by atoms with E-state index in [-0.39, 0.29) is 24.8 Å². The molecule has 8 heteroatoms. The molecule has 0 saturated carbocycles. The average molecular weight is 418 g/mol. The number of carbonyl (C=O) groups excluding carboxylic acids is 1. The van der Waals surface area contributed by atoms with Crippen LogP contribution in [0.4, 0.5) is 0 Å². The summed E-state index contributed by atoms with van der Waals surface area (Å²) in [5.74, 6) is -0.237. The molecule has 0 saturated heterocycles. The standard InChI is InChI=1S/C20H17Cl2N3O3/c1-10-8-15(27)13(9-14(10)22)17-16-18(24-23-17)20(28)25(6-7-26)19(16)11-2-4-12(21)5-3-11/h2-5,8-9,19,26-27H,6-7H2,1H3,(H,23,24)/t19-/m0/s1. The van der Waals surface area contributed by atoms with Gasteiger partial charge in [0.15, 0.2) is 0 Å². The van der Waals surface area contributed by atoms with Crippen LogP contribution in [0.3, 0.4) is 0 Å². The number of nitrogens with one attached hydrogen (secondary N) is 1. The molecule has 0 aliphatic carbocycles. The summed E-state index contributed by atoms with van der Waals surface area (Å²) < 4.78 is 0. The summed E-state index contributed by atoms with van der Waals surface area (Å²) in [6.07, 6.45) is 0. The SMILES string of the molecule is Cc1cc(O)c(-c2n[nH]c3c2[C@H](c2ccc(Cl)cc2)N(CCO)C3=O)cc1Cl. The van der Waals surface area contributed by atoms with Gasteiger partial charge in [-0.3, -0.25) is 9.89 Å². The predicted octanol–water partition coefficient (Wildman–Crippen LogP) is 3.94. The van der Waals surface area contributed by atoms with Gasteiger partial charge in [-0.15, -0.1) is 0 Å². The molecule has 0 unspecified atom stereocenters. The quantitative estimate of drug-likeness (QED) is 0.599. The molecule has 1 aromatic heterocycles. The fourth-order valence-corrected chi connectivity index (χ4v) is 3.88. The highest BCUT2D eigenvalue weighted by atomic mass is 35.5. The number of halogens is 2. The van der Waals surface area contributed by atoms with E-state index in [4.69, 9.17) is 23.2 Å².